The van der Waals surface area contributed by atoms with E-state index < -0.39 is 0 Å². The molecule has 5 nitrogen and oxygen atoms in total. The van der Waals surface area contributed by atoms with Crippen LogP contribution < -0.4 is 20.1 Å². The Morgan fingerprint density at radius 3 is 2.71 bits per heavy atom. The van der Waals surface area contributed by atoms with Gasteiger partial charge >= 0.3 is 0 Å². The first-order valence-electron chi connectivity index (χ1n) is 8.54. The summed E-state index contributed by atoms with van der Waals surface area (Å²) >= 11 is 0. The number of hydrogen-bond acceptors (Lipinski definition) is 3. The maximum Gasteiger partial charge on any atom is 0.191 e. The normalized spacial score (nSPS) is 15.2. The number of benzene rings is 1. The summed E-state index contributed by atoms with van der Waals surface area (Å²) in [7, 11) is 1.66. The maximum atomic E-state index is 5.90. The summed E-state index contributed by atoms with van der Waals surface area (Å²) in [5.41, 5.74) is 0. The van der Waals surface area contributed by atoms with Gasteiger partial charge in [-0.3, -0.25) is 0 Å². The molecule has 2 rings (SSSR count). The fourth-order valence-electron chi connectivity index (χ4n) is 2.31. The summed E-state index contributed by atoms with van der Waals surface area (Å²) in [6.07, 6.45) is 4.02. The van der Waals surface area contributed by atoms with Crippen LogP contribution in [0.3, 0.4) is 0 Å². The predicted molar refractivity (Wildman–Crippen MR) is 110 cm³/mol. The monoisotopic (exact) mass is 447 g/mol. The number of aliphatic imine (C=N–C) groups is 1. The quantitative estimate of drug-likeness (QED) is 0.346. The zero-order valence-corrected chi connectivity index (χ0v) is 17.2. The Balaban J connectivity index is 0.00000288. The summed E-state index contributed by atoms with van der Waals surface area (Å²) in [6, 6.07) is 7.65. The molecule has 6 heteroatoms. The molecule has 136 valence electrons. The van der Waals surface area contributed by atoms with Gasteiger partial charge in [-0.15, -0.1) is 24.0 Å². The Morgan fingerprint density at radius 1 is 1.29 bits per heavy atom. The van der Waals surface area contributed by atoms with E-state index in [-0.39, 0.29) is 30.1 Å². The number of hydrogen-bond donors (Lipinski definition) is 2. The van der Waals surface area contributed by atoms with Gasteiger partial charge in [-0.25, -0.2) is 4.99 Å². The van der Waals surface area contributed by atoms with Crippen LogP contribution in [0, 0.1) is 5.92 Å². The van der Waals surface area contributed by atoms with E-state index in [2.05, 4.69) is 22.5 Å². The Morgan fingerprint density at radius 2 is 2.04 bits per heavy atom. The van der Waals surface area contributed by atoms with Crippen LogP contribution in [-0.2, 0) is 0 Å². The van der Waals surface area contributed by atoms with Crippen molar-refractivity contribution in [2.75, 3.05) is 26.7 Å². The first kappa shape index (κ1) is 20.9. The van der Waals surface area contributed by atoms with Gasteiger partial charge in [-0.2, -0.15) is 0 Å². The third-order valence-corrected chi connectivity index (χ3v) is 3.77. The van der Waals surface area contributed by atoms with Crippen molar-refractivity contribution < 1.29 is 9.47 Å². The van der Waals surface area contributed by atoms with Crippen LogP contribution >= 0.6 is 24.0 Å². The molecular formula is C18H30IN3O2. The van der Waals surface area contributed by atoms with Crippen LogP contribution in [0.5, 0.6) is 11.5 Å². The fraction of sp³-hybridized carbons (Fsp3) is 0.611. The van der Waals surface area contributed by atoms with Crippen LogP contribution in [0.4, 0.5) is 0 Å². The minimum atomic E-state index is 0. The number of methoxy groups -OCH3 is 1. The van der Waals surface area contributed by atoms with Gasteiger partial charge in [-0.1, -0.05) is 18.9 Å². The average molecular weight is 447 g/mol. The second kappa shape index (κ2) is 11.4. The molecule has 0 saturated heterocycles. The van der Waals surface area contributed by atoms with Crippen LogP contribution in [0.25, 0.3) is 0 Å². The van der Waals surface area contributed by atoms with Gasteiger partial charge in [0.2, 0.25) is 0 Å². The van der Waals surface area contributed by atoms with E-state index in [0.29, 0.717) is 6.54 Å². The van der Waals surface area contributed by atoms with Crippen molar-refractivity contribution in [3.63, 3.8) is 0 Å². The number of halogens is 1. The third-order valence-electron chi connectivity index (χ3n) is 3.77. The lowest BCUT2D eigenvalue weighted by atomic mass is 10.3. The molecule has 0 heterocycles. The number of nitrogens with one attached hydrogen (secondary N) is 2. The van der Waals surface area contributed by atoms with E-state index >= 15 is 0 Å². The van der Waals surface area contributed by atoms with E-state index in [4.69, 9.17) is 9.47 Å². The topological polar surface area (TPSA) is 54.9 Å². The first-order chi connectivity index (χ1) is 11.2. The SMILES string of the molecule is CCNC(=NCC(C)Oc1cccc(OC)c1)NCCC1CC1.I. The fourth-order valence-corrected chi connectivity index (χ4v) is 2.31. The molecule has 1 atom stereocenters. The van der Waals surface area contributed by atoms with Crippen LogP contribution in [0.15, 0.2) is 29.3 Å². The van der Waals surface area contributed by atoms with Gasteiger partial charge in [0.05, 0.1) is 13.7 Å². The van der Waals surface area contributed by atoms with E-state index in [0.717, 1.165) is 36.5 Å². The highest BCUT2D eigenvalue weighted by Crippen LogP contribution is 2.31. The second-order valence-electron chi connectivity index (χ2n) is 5.99. The van der Waals surface area contributed by atoms with E-state index in [9.17, 15) is 0 Å². The molecule has 1 aromatic rings. The van der Waals surface area contributed by atoms with Gasteiger partial charge in [0, 0.05) is 19.2 Å². The zero-order valence-electron chi connectivity index (χ0n) is 14.9. The Hall–Kier alpha value is -1.18. The highest BCUT2D eigenvalue weighted by atomic mass is 127. The van der Waals surface area contributed by atoms with E-state index in [1.54, 1.807) is 7.11 Å². The highest BCUT2D eigenvalue weighted by molar-refractivity contribution is 14.0. The largest absolute Gasteiger partial charge is 0.497 e. The molecule has 1 aliphatic carbocycles. The molecule has 0 spiro atoms. The lowest BCUT2D eigenvalue weighted by Crippen LogP contribution is -2.38. The van der Waals surface area contributed by atoms with Crippen molar-refractivity contribution in [3.8, 4) is 11.5 Å². The van der Waals surface area contributed by atoms with Gasteiger partial charge in [0.1, 0.15) is 17.6 Å². The van der Waals surface area contributed by atoms with Crippen molar-refractivity contribution in [2.24, 2.45) is 10.9 Å². The molecule has 1 aliphatic rings. The molecule has 0 amide bonds. The highest BCUT2D eigenvalue weighted by Gasteiger charge is 2.20. The molecule has 1 aromatic carbocycles. The molecule has 0 aliphatic heterocycles. The van der Waals surface area contributed by atoms with Crippen molar-refractivity contribution in [1.29, 1.82) is 0 Å². The molecule has 24 heavy (non-hydrogen) atoms. The number of rotatable bonds is 9. The Kier molecular flexibility index (Phi) is 9.90. The molecule has 1 saturated carbocycles. The zero-order chi connectivity index (χ0) is 16.5. The predicted octanol–water partition coefficient (Wildman–Crippen LogP) is 3.44. The smallest absolute Gasteiger partial charge is 0.191 e. The van der Waals surface area contributed by atoms with Crippen molar-refractivity contribution in [2.45, 2.75) is 39.2 Å². The second-order valence-corrected chi connectivity index (χ2v) is 5.99. The van der Waals surface area contributed by atoms with Crippen molar-refractivity contribution in [1.82, 2.24) is 10.6 Å². The molecular weight excluding hydrogens is 417 g/mol. The minimum Gasteiger partial charge on any atom is -0.497 e. The van der Waals surface area contributed by atoms with Gasteiger partial charge < -0.3 is 20.1 Å². The number of nitrogens with zero attached hydrogens (tertiary/aromatic N) is 1. The lowest BCUT2D eigenvalue weighted by molar-refractivity contribution is 0.229. The molecule has 2 N–H and O–H groups in total. The molecule has 1 unspecified atom stereocenters. The Labute approximate surface area is 162 Å². The molecule has 0 radical (unpaired) electrons. The van der Waals surface area contributed by atoms with Crippen LogP contribution in [0.1, 0.15) is 33.1 Å². The summed E-state index contributed by atoms with van der Waals surface area (Å²) in [5.74, 6) is 3.40. The summed E-state index contributed by atoms with van der Waals surface area (Å²) in [6.45, 7) is 6.56. The molecule has 0 aromatic heterocycles. The van der Waals surface area contributed by atoms with Gasteiger partial charge in [0.25, 0.3) is 0 Å². The first-order valence-corrected chi connectivity index (χ1v) is 8.54. The lowest BCUT2D eigenvalue weighted by Gasteiger charge is -2.15. The molecule has 1 fully saturated rings. The van der Waals surface area contributed by atoms with Crippen molar-refractivity contribution >= 4 is 29.9 Å². The summed E-state index contributed by atoms with van der Waals surface area (Å²) in [4.78, 5) is 4.61. The van der Waals surface area contributed by atoms with Crippen molar-refractivity contribution in [3.05, 3.63) is 24.3 Å². The summed E-state index contributed by atoms with van der Waals surface area (Å²) < 4.78 is 11.1. The molecule has 0 bridgehead atoms. The summed E-state index contributed by atoms with van der Waals surface area (Å²) in [5, 5.41) is 6.67. The number of guanidine groups is 1. The maximum absolute atomic E-state index is 5.90. The minimum absolute atomic E-state index is 0. The van der Waals surface area contributed by atoms with E-state index in [1.807, 2.05) is 31.2 Å². The Bertz CT molecular complexity index is 507. The van der Waals surface area contributed by atoms with Gasteiger partial charge in [0.15, 0.2) is 5.96 Å². The van der Waals surface area contributed by atoms with Crippen LogP contribution in [0.2, 0.25) is 0 Å². The third kappa shape index (κ3) is 8.08. The standard InChI is InChI=1S/C18H29N3O2.HI/c1-4-19-18(20-11-10-15-8-9-15)21-13-14(2)23-17-7-5-6-16(12-17)22-3;/h5-7,12,14-15H,4,8-11,13H2,1-3H3,(H2,19,20,21);1H. The average Bonchev–Trinajstić information content (AvgIpc) is 3.37. The van der Waals surface area contributed by atoms with Gasteiger partial charge in [-0.05, 0) is 38.3 Å². The van der Waals surface area contributed by atoms with Crippen LogP contribution in [-0.4, -0.2) is 38.8 Å². The van der Waals surface area contributed by atoms with E-state index in [1.165, 1.54) is 19.3 Å². The number of ether oxygens (including phenoxy) is 2.